The number of rotatable bonds is 3. The van der Waals surface area contributed by atoms with Gasteiger partial charge in [0.05, 0.1) is 6.21 Å². The van der Waals surface area contributed by atoms with Crippen molar-refractivity contribution in [1.82, 2.24) is 15.0 Å². The van der Waals surface area contributed by atoms with Crippen molar-refractivity contribution in [2.75, 3.05) is 0 Å². The summed E-state index contributed by atoms with van der Waals surface area (Å²) in [5.74, 6) is 0.337. The Balaban J connectivity index is 1.89. The summed E-state index contributed by atoms with van der Waals surface area (Å²) in [5.41, 5.74) is 2.63. The van der Waals surface area contributed by atoms with Gasteiger partial charge in [-0.15, -0.1) is 0 Å². The van der Waals surface area contributed by atoms with Gasteiger partial charge in [0.1, 0.15) is 0 Å². The van der Waals surface area contributed by atoms with E-state index in [-0.39, 0.29) is 11.6 Å². The molecule has 23 heavy (non-hydrogen) atoms. The average Bonchev–Trinajstić information content (AvgIpc) is 2.86. The maximum atomic E-state index is 9.86. The summed E-state index contributed by atoms with van der Waals surface area (Å²) < 4.78 is 6.22. The van der Waals surface area contributed by atoms with Crippen molar-refractivity contribution in [3.63, 3.8) is 0 Å². The summed E-state index contributed by atoms with van der Waals surface area (Å²) in [5, 5.41) is 9.86. The summed E-state index contributed by atoms with van der Waals surface area (Å²) in [4.78, 5) is 16.8. The van der Waals surface area contributed by atoms with Crippen LogP contribution in [-0.4, -0.2) is 26.3 Å². The number of aliphatic imine (C=N–C) groups is 1. The average molecular weight is 373 g/mol. The van der Waals surface area contributed by atoms with Crippen LogP contribution in [0.15, 0.2) is 44.2 Å². The molecule has 0 saturated carbocycles. The second kappa shape index (κ2) is 6.29. The molecule has 0 spiro atoms. The van der Waals surface area contributed by atoms with Crippen LogP contribution >= 0.6 is 15.9 Å². The van der Waals surface area contributed by atoms with Gasteiger partial charge in [0.25, 0.3) is 0 Å². The topological polar surface area (TPSA) is 84.4 Å². The molecule has 0 aliphatic rings. The van der Waals surface area contributed by atoms with E-state index in [2.05, 4.69) is 35.9 Å². The third-order valence-electron chi connectivity index (χ3n) is 3.00. The third-order valence-corrected chi connectivity index (χ3v) is 3.53. The van der Waals surface area contributed by atoms with Crippen LogP contribution in [0.25, 0.3) is 11.5 Å². The zero-order chi connectivity index (χ0) is 16.4. The highest BCUT2D eigenvalue weighted by molar-refractivity contribution is 9.10. The normalized spacial score (nSPS) is 11.3. The molecule has 1 N–H and O–H groups in total. The predicted octanol–water partition coefficient (Wildman–Crippen LogP) is 3.97. The fourth-order valence-electron chi connectivity index (χ4n) is 2.01. The minimum absolute atomic E-state index is 0.227. The van der Waals surface area contributed by atoms with Gasteiger partial charge >= 0.3 is 5.95 Å². The Morgan fingerprint density at radius 3 is 2.39 bits per heavy atom. The quantitative estimate of drug-likeness (QED) is 0.703. The van der Waals surface area contributed by atoms with Gasteiger partial charge in [-0.2, -0.15) is 0 Å². The van der Waals surface area contributed by atoms with E-state index in [1.807, 2.05) is 44.2 Å². The third kappa shape index (κ3) is 3.62. The molecule has 0 saturated heterocycles. The fourth-order valence-corrected chi connectivity index (χ4v) is 2.27. The number of hydrogen-bond donors (Lipinski definition) is 1. The van der Waals surface area contributed by atoms with Crippen molar-refractivity contribution >= 4 is 28.1 Å². The van der Waals surface area contributed by atoms with Gasteiger partial charge in [-0.25, -0.2) is 19.9 Å². The molecule has 0 bridgehead atoms. The lowest BCUT2D eigenvalue weighted by molar-refractivity contribution is 0.337. The molecule has 0 amide bonds. The van der Waals surface area contributed by atoms with Crippen LogP contribution in [-0.2, 0) is 0 Å². The Hall–Kier alpha value is -2.54. The van der Waals surface area contributed by atoms with Gasteiger partial charge in [0.15, 0.2) is 5.69 Å². The van der Waals surface area contributed by atoms with Crippen molar-refractivity contribution in [1.29, 1.82) is 0 Å². The van der Waals surface area contributed by atoms with Gasteiger partial charge in [0, 0.05) is 21.4 Å². The van der Waals surface area contributed by atoms with Crippen molar-refractivity contribution in [2.45, 2.75) is 13.8 Å². The van der Waals surface area contributed by atoms with Crippen LogP contribution in [0.3, 0.4) is 0 Å². The Morgan fingerprint density at radius 2 is 1.74 bits per heavy atom. The molecule has 1 aromatic carbocycles. The maximum Gasteiger partial charge on any atom is 0.312 e. The molecule has 7 heteroatoms. The molecule has 2 heterocycles. The Morgan fingerprint density at radius 1 is 1.09 bits per heavy atom. The number of nitrogens with zero attached hydrogens (tertiary/aromatic N) is 4. The highest BCUT2D eigenvalue weighted by atomic mass is 79.9. The second-order valence-electron chi connectivity index (χ2n) is 4.93. The minimum Gasteiger partial charge on any atom is -0.479 e. The van der Waals surface area contributed by atoms with Gasteiger partial charge in [-0.05, 0) is 44.2 Å². The smallest absolute Gasteiger partial charge is 0.312 e. The van der Waals surface area contributed by atoms with Crippen molar-refractivity contribution in [2.24, 2.45) is 4.99 Å². The van der Waals surface area contributed by atoms with Crippen LogP contribution in [0.1, 0.15) is 17.1 Å². The summed E-state index contributed by atoms with van der Waals surface area (Å²) in [6.45, 7) is 3.74. The lowest BCUT2D eigenvalue weighted by Crippen LogP contribution is -1.90. The molecule has 0 radical (unpaired) electrons. The first-order chi connectivity index (χ1) is 11.0. The van der Waals surface area contributed by atoms with Gasteiger partial charge in [-0.3, -0.25) is 0 Å². The van der Waals surface area contributed by atoms with Gasteiger partial charge in [-0.1, -0.05) is 15.9 Å². The summed E-state index contributed by atoms with van der Waals surface area (Å²) in [7, 11) is 0. The molecule has 3 aromatic rings. The maximum absolute atomic E-state index is 9.86. The summed E-state index contributed by atoms with van der Waals surface area (Å²) in [6, 6.07) is 9.27. The summed E-state index contributed by atoms with van der Waals surface area (Å²) >= 11 is 3.36. The van der Waals surface area contributed by atoms with E-state index >= 15 is 0 Å². The first-order valence-electron chi connectivity index (χ1n) is 6.83. The van der Waals surface area contributed by atoms with Crippen LogP contribution in [0.2, 0.25) is 0 Å². The molecule has 2 aromatic heterocycles. The van der Waals surface area contributed by atoms with Crippen LogP contribution < -0.4 is 0 Å². The second-order valence-corrected chi connectivity index (χ2v) is 5.84. The van der Waals surface area contributed by atoms with E-state index in [1.54, 1.807) is 0 Å². The van der Waals surface area contributed by atoms with Crippen molar-refractivity contribution < 1.29 is 9.52 Å². The highest BCUT2D eigenvalue weighted by Crippen LogP contribution is 2.26. The van der Waals surface area contributed by atoms with E-state index in [4.69, 9.17) is 4.42 Å². The molecule has 3 rings (SSSR count). The lowest BCUT2D eigenvalue weighted by atomic mass is 10.2. The first kappa shape index (κ1) is 15.4. The van der Waals surface area contributed by atoms with Crippen LogP contribution in [0, 0.1) is 13.8 Å². The SMILES string of the molecule is Cc1cc(C)nc(N=Cc2nc(-c3ccc(Br)cc3)oc2O)n1. The number of aromatic hydroxyl groups is 1. The van der Waals surface area contributed by atoms with E-state index in [9.17, 15) is 5.11 Å². The lowest BCUT2D eigenvalue weighted by Gasteiger charge is -1.96. The number of aryl methyl sites for hydroxylation is 2. The number of halogens is 1. The largest absolute Gasteiger partial charge is 0.479 e. The van der Waals surface area contributed by atoms with E-state index in [0.717, 1.165) is 21.4 Å². The molecule has 0 aliphatic heterocycles. The number of benzene rings is 1. The Kier molecular flexibility index (Phi) is 4.20. The van der Waals surface area contributed by atoms with Crippen LogP contribution in [0.4, 0.5) is 5.95 Å². The molecule has 0 aliphatic carbocycles. The van der Waals surface area contributed by atoms with Crippen LogP contribution in [0.5, 0.6) is 5.95 Å². The number of hydrogen-bond acceptors (Lipinski definition) is 6. The molecule has 0 fully saturated rings. The standard InChI is InChI=1S/C16H13BrN4O2/c1-9-7-10(2)20-16(19-9)18-8-13-15(22)23-14(21-13)11-3-5-12(17)6-4-11/h3-8,22H,1-2H3. The number of oxazole rings is 1. The molecule has 6 nitrogen and oxygen atoms in total. The summed E-state index contributed by atoms with van der Waals surface area (Å²) in [6.07, 6.45) is 1.38. The van der Waals surface area contributed by atoms with E-state index < -0.39 is 0 Å². The molecular formula is C16H13BrN4O2. The molecule has 0 atom stereocenters. The van der Waals surface area contributed by atoms with Crippen molar-refractivity contribution in [3.05, 3.63) is 51.9 Å². The molecule has 0 unspecified atom stereocenters. The van der Waals surface area contributed by atoms with E-state index in [1.165, 1.54) is 6.21 Å². The Labute approximate surface area is 141 Å². The monoisotopic (exact) mass is 372 g/mol. The van der Waals surface area contributed by atoms with Gasteiger partial charge < -0.3 is 9.52 Å². The Bertz CT molecular complexity index is 852. The predicted molar refractivity (Wildman–Crippen MR) is 90.1 cm³/mol. The van der Waals surface area contributed by atoms with Gasteiger partial charge in [0.2, 0.25) is 11.8 Å². The highest BCUT2D eigenvalue weighted by Gasteiger charge is 2.12. The fraction of sp³-hybridized carbons (Fsp3) is 0.125. The van der Waals surface area contributed by atoms with Crippen molar-refractivity contribution in [3.8, 4) is 17.4 Å². The molecule has 116 valence electrons. The first-order valence-corrected chi connectivity index (χ1v) is 7.62. The zero-order valence-electron chi connectivity index (χ0n) is 12.5. The minimum atomic E-state index is -0.295. The zero-order valence-corrected chi connectivity index (χ0v) is 14.1. The van der Waals surface area contributed by atoms with E-state index in [0.29, 0.717) is 11.8 Å². The number of aromatic nitrogens is 3. The molecular weight excluding hydrogens is 360 g/mol.